The Bertz CT molecular complexity index is 959. The third kappa shape index (κ3) is 5.49. The molecule has 3 rings (SSSR count). The first kappa shape index (κ1) is 22.9. The third-order valence-electron chi connectivity index (χ3n) is 5.61. The number of hydrogen-bond donors (Lipinski definition) is 0. The summed E-state index contributed by atoms with van der Waals surface area (Å²) >= 11 is 5.93. The van der Waals surface area contributed by atoms with E-state index in [1.807, 2.05) is 19.1 Å². The number of sulfonamides is 1. The number of hydrogen-bond acceptors (Lipinski definition) is 4. The van der Waals surface area contributed by atoms with Crippen molar-refractivity contribution in [3.8, 4) is 0 Å². The Labute approximate surface area is 184 Å². The fourth-order valence-corrected chi connectivity index (χ4v) is 5.35. The highest BCUT2D eigenvalue weighted by molar-refractivity contribution is 7.89. The maximum Gasteiger partial charge on any atom is 0.243 e. The van der Waals surface area contributed by atoms with E-state index in [0.29, 0.717) is 35.1 Å². The largest absolute Gasteiger partial charge is 0.297 e. The molecule has 1 saturated heterocycles. The van der Waals surface area contributed by atoms with Crippen LogP contribution in [0.1, 0.15) is 42.1 Å². The maximum absolute atomic E-state index is 13.2. The third-order valence-corrected chi connectivity index (χ3v) is 7.74. The number of rotatable bonds is 8. The molecule has 2 aromatic carbocycles. The SMILES string of the molecule is CCCCN1CCN(S(=O)(=O)c2ccc(C)cc2)CC1CC(=O)c1ccc(Cl)cc1. The summed E-state index contributed by atoms with van der Waals surface area (Å²) in [6.07, 6.45) is 2.36. The van der Waals surface area contributed by atoms with Crippen molar-refractivity contribution < 1.29 is 13.2 Å². The topological polar surface area (TPSA) is 57.7 Å². The smallest absolute Gasteiger partial charge is 0.243 e. The molecule has 0 radical (unpaired) electrons. The Morgan fingerprint density at radius 1 is 1.07 bits per heavy atom. The highest BCUT2D eigenvalue weighted by Crippen LogP contribution is 2.23. The van der Waals surface area contributed by atoms with Crippen molar-refractivity contribution in [2.24, 2.45) is 0 Å². The van der Waals surface area contributed by atoms with E-state index in [1.54, 1.807) is 36.4 Å². The van der Waals surface area contributed by atoms with E-state index in [1.165, 1.54) is 4.31 Å². The Morgan fingerprint density at radius 2 is 1.73 bits per heavy atom. The van der Waals surface area contributed by atoms with E-state index >= 15 is 0 Å². The van der Waals surface area contributed by atoms with Gasteiger partial charge in [-0.05, 0) is 56.3 Å². The normalized spacial score (nSPS) is 18.4. The van der Waals surface area contributed by atoms with Gasteiger partial charge in [0.15, 0.2) is 5.78 Å². The van der Waals surface area contributed by atoms with E-state index < -0.39 is 10.0 Å². The van der Waals surface area contributed by atoms with Gasteiger partial charge in [-0.15, -0.1) is 0 Å². The van der Waals surface area contributed by atoms with E-state index in [-0.39, 0.29) is 18.2 Å². The molecule has 0 saturated carbocycles. The molecule has 0 bridgehead atoms. The summed E-state index contributed by atoms with van der Waals surface area (Å²) in [4.78, 5) is 15.4. The number of carbonyl (C=O) groups excluding carboxylic acids is 1. The first-order valence-corrected chi connectivity index (χ1v) is 12.2. The molecule has 1 fully saturated rings. The monoisotopic (exact) mass is 448 g/mol. The summed E-state index contributed by atoms with van der Waals surface area (Å²) in [5, 5.41) is 0.587. The highest BCUT2D eigenvalue weighted by Gasteiger charge is 2.35. The molecule has 162 valence electrons. The lowest BCUT2D eigenvalue weighted by atomic mass is 10.0. The van der Waals surface area contributed by atoms with Crippen LogP contribution in [0.15, 0.2) is 53.4 Å². The van der Waals surface area contributed by atoms with Gasteiger partial charge in [0.2, 0.25) is 10.0 Å². The predicted molar refractivity (Wildman–Crippen MR) is 121 cm³/mol. The maximum atomic E-state index is 13.2. The van der Waals surface area contributed by atoms with Crippen LogP contribution in [-0.2, 0) is 10.0 Å². The minimum atomic E-state index is -3.58. The van der Waals surface area contributed by atoms with E-state index in [9.17, 15) is 13.2 Å². The second-order valence-corrected chi connectivity index (χ2v) is 10.2. The number of nitrogens with zero attached hydrogens (tertiary/aromatic N) is 2. The van der Waals surface area contributed by atoms with Crippen LogP contribution in [0, 0.1) is 6.92 Å². The average Bonchev–Trinajstić information content (AvgIpc) is 2.73. The van der Waals surface area contributed by atoms with Gasteiger partial charge < -0.3 is 0 Å². The molecular formula is C23H29ClN2O3S. The molecule has 30 heavy (non-hydrogen) atoms. The standard InChI is InChI=1S/C23H29ClN2O3S/c1-3-4-13-25-14-15-26(30(28,29)22-11-5-18(2)6-12-22)17-21(25)16-23(27)19-7-9-20(24)10-8-19/h5-12,21H,3-4,13-17H2,1-2H3. The first-order valence-electron chi connectivity index (χ1n) is 10.4. The summed E-state index contributed by atoms with van der Waals surface area (Å²) in [6, 6.07) is 13.7. The van der Waals surface area contributed by atoms with Crippen LogP contribution >= 0.6 is 11.6 Å². The number of unbranched alkanes of at least 4 members (excludes halogenated alkanes) is 1. The lowest BCUT2D eigenvalue weighted by molar-refractivity contribution is 0.0808. The Balaban J connectivity index is 1.79. The van der Waals surface area contributed by atoms with Crippen molar-refractivity contribution in [3.63, 3.8) is 0 Å². The summed E-state index contributed by atoms with van der Waals surface area (Å²) in [5.74, 6) is 0.00717. The summed E-state index contributed by atoms with van der Waals surface area (Å²) in [5.41, 5.74) is 1.62. The van der Waals surface area contributed by atoms with Gasteiger partial charge in [0.1, 0.15) is 0 Å². The molecule has 0 amide bonds. The molecule has 0 spiro atoms. The summed E-state index contributed by atoms with van der Waals surface area (Å²) in [7, 11) is -3.58. The lowest BCUT2D eigenvalue weighted by Crippen LogP contribution is -2.55. The van der Waals surface area contributed by atoms with Crippen molar-refractivity contribution in [1.29, 1.82) is 0 Å². The number of halogens is 1. The molecule has 1 aliphatic heterocycles. The number of ketones is 1. The molecule has 2 aromatic rings. The van der Waals surface area contributed by atoms with Crippen molar-refractivity contribution in [3.05, 3.63) is 64.7 Å². The summed E-state index contributed by atoms with van der Waals surface area (Å²) < 4.78 is 27.9. The Morgan fingerprint density at radius 3 is 2.37 bits per heavy atom. The van der Waals surface area contributed by atoms with Crippen LogP contribution < -0.4 is 0 Å². The van der Waals surface area contributed by atoms with Gasteiger partial charge in [-0.1, -0.05) is 42.6 Å². The van der Waals surface area contributed by atoms with Gasteiger partial charge in [0.25, 0.3) is 0 Å². The molecule has 1 unspecified atom stereocenters. The van der Waals surface area contributed by atoms with Crippen LogP contribution in [0.5, 0.6) is 0 Å². The molecule has 1 aliphatic rings. The number of aryl methyl sites for hydroxylation is 1. The van der Waals surface area contributed by atoms with Crippen LogP contribution in [0.4, 0.5) is 0 Å². The zero-order valence-electron chi connectivity index (χ0n) is 17.6. The second kappa shape index (κ2) is 10.1. The molecule has 0 aliphatic carbocycles. The fraction of sp³-hybridized carbons (Fsp3) is 0.435. The molecule has 7 heteroatoms. The molecular weight excluding hydrogens is 420 g/mol. The zero-order chi connectivity index (χ0) is 21.7. The first-order chi connectivity index (χ1) is 14.3. The van der Waals surface area contributed by atoms with Crippen LogP contribution in [-0.4, -0.2) is 55.6 Å². The summed E-state index contributed by atoms with van der Waals surface area (Å²) in [6.45, 7) is 6.31. The van der Waals surface area contributed by atoms with Crippen LogP contribution in [0.3, 0.4) is 0 Å². The van der Waals surface area contributed by atoms with Gasteiger partial charge in [-0.2, -0.15) is 4.31 Å². The van der Waals surface area contributed by atoms with E-state index in [0.717, 1.165) is 24.9 Å². The quantitative estimate of drug-likeness (QED) is 0.562. The minimum Gasteiger partial charge on any atom is -0.297 e. The van der Waals surface area contributed by atoms with Gasteiger partial charge in [-0.25, -0.2) is 8.42 Å². The molecule has 1 heterocycles. The fourth-order valence-electron chi connectivity index (χ4n) is 3.76. The molecule has 0 N–H and O–H groups in total. The van der Waals surface area contributed by atoms with Gasteiger partial charge >= 0.3 is 0 Å². The Hall–Kier alpha value is -1.73. The van der Waals surface area contributed by atoms with Gasteiger partial charge in [0, 0.05) is 42.7 Å². The van der Waals surface area contributed by atoms with E-state index in [2.05, 4.69) is 11.8 Å². The van der Waals surface area contributed by atoms with Gasteiger partial charge in [0.05, 0.1) is 4.90 Å². The lowest BCUT2D eigenvalue weighted by Gasteiger charge is -2.40. The Kier molecular flexibility index (Phi) is 7.69. The van der Waals surface area contributed by atoms with E-state index in [4.69, 9.17) is 11.6 Å². The number of piperazine rings is 1. The molecule has 1 atom stereocenters. The van der Waals surface area contributed by atoms with Gasteiger partial charge in [-0.3, -0.25) is 9.69 Å². The average molecular weight is 449 g/mol. The number of carbonyl (C=O) groups is 1. The number of Topliss-reactive ketones (excluding diaryl/α,β-unsaturated/α-hetero) is 1. The molecule has 5 nitrogen and oxygen atoms in total. The van der Waals surface area contributed by atoms with Crippen molar-refractivity contribution in [2.75, 3.05) is 26.2 Å². The van der Waals surface area contributed by atoms with Crippen molar-refractivity contribution >= 4 is 27.4 Å². The number of benzene rings is 2. The van der Waals surface area contributed by atoms with Crippen molar-refractivity contribution in [1.82, 2.24) is 9.21 Å². The second-order valence-electron chi connectivity index (χ2n) is 7.85. The highest BCUT2D eigenvalue weighted by atomic mass is 35.5. The van der Waals surface area contributed by atoms with Crippen LogP contribution in [0.25, 0.3) is 0 Å². The zero-order valence-corrected chi connectivity index (χ0v) is 19.1. The predicted octanol–water partition coefficient (Wildman–Crippen LogP) is 4.40. The van der Waals surface area contributed by atoms with Crippen molar-refractivity contribution in [2.45, 2.75) is 44.0 Å². The minimum absolute atomic E-state index is 0.00717. The van der Waals surface area contributed by atoms with Crippen LogP contribution in [0.2, 0.25) is 5.02 Å². The molecule has 0 aromatic heterocycles.